The first kappa shape index (κ1) is 16.4. The summed E-state index contributed by atoms with van der Waals surface area (Å²) in [4.78, 5) is 2.41. The number of aliphatic hydroxyl groups is 1. The average molecular weight is 312 g/mol. The molecule has 1 unspecified atom stereocenters. The predicted molar refractivity (Wildman–Crippen MR) is 82.7 cm³/mol. The van der Waals surface area contributed by atoms with Crippen molar-refractivity contribution in [2.24, 2.45) is 0 Å². The van der Waals surface area contributed by atoms with Crippen LogP contribution in [0.1, 0.15) is 29.5 Å². The van der Waals surface area contributed by atoms with Gasteiger partial charge >= 0.3 is 0 Å². The summed E-state index contributed by atoms with van der Waals surface area (Å²) in [5.74, 6) is 0. The van der Waals surface area contributed by atoms with Crippen molar-refractivity contribution >= 4 is 10.0 Å². The molecule has 1 fully saturated rings. The molecule has 1 aromatic carbocycles. The van der Waals surface area contributed by atoms with Crippen molar-refractivity contribution < 1.29 is 13.5 Å². The first-order valence-corrected chi connectivity index (χ1v) is 8.73. The summed E-state index contributed by atoms with van der Waals surface area (Å²) in [7, 11) is -1.55. The Labute approximate surface area is 127 Å². The monoisotopic (exact) mass is 312 g/mol. The van der Waals surface area contributed by atoms with Gasteiger partial charge in [-0.25, -0.2) is 13.1 Å². The lowest BCUT2D eigenvalue weighted by atomic mass is 10.1. The van der Waals surface area contributed by atoms with E-state index in [4.69, 9.17) is 0 Å². The van der Waals surface area contributed by atoms with Crippen LogP contribution in [0.4, 0.5) is 0 Å². The summed E-state index contributed by atoms with van der Waals surface area (Å²) in [5.41, 5.74) is 2.27. The molecule has 0 radical (unpaired) electrons. The molecule has 5 nitrogen and oxygen atoms in total. The average Bonchev–Trinajstić information content (AvgIpc) is 2.37. The molecule has 2 N–H and O–H groups in total. The van der Waals surface area contributed by atoms with Crippen LogP contribution >= 0.6 is 0 Å². The topological polar surface area (TPSA) is 69.6 Å². The zero-order chi connectivity index (χ0) is 15.6. The van der Waals surface area contributed by atoms with Gasteiger partial charge in [-0.15, -0.1) is 0 Å². The summed E-state index contributed by atoms with van der Waals surface area (Å²) >= 11 is 0. The largest absolute Gasteiger partial charge is 0.392 e. The van der Waals surface area contributed by atoms with Gasteiger partial charge in [-0.2, -0.15) is 0 Å². The molecule has 6 heteroatoms. The second kappa shape index (κ2) is 6.44. The van der Waals surface area contributed by atoms with Crippen molar-refractivity contribution in [2.75, 3.05) is 20.1 Å². The lowest BCUT2D eigenvalue weighted by Crippen LogP contribution is -2.46. The van der Waals surface area contributed by atoms with Crippen LogP contribution < -0.4 is 4.72 Å². The highest BCUT2D eigenvalue weighted by Gasteiger charge is 2.25. The van der Waals surface area contributed by atoms with E-state index in [9.17, 15) is 13.5 Å². The van der Waals surface area contributed by atoms with Crippen LogP contribution in [-0.4, -0.2) is 44.6 Å². The van der Waals surface area contributed by atoms with Crippen molar-refractivity contribution in [1.82, 2.24) is 9.62 Å². The van der Waals surface area contributed by atoms with Crippen LogP contribution in [0.2, 0.25) is 0 Å². The van der Waals surface area contributed by atoms with E-state index in [1.807, 2.05) is 20.0 Å². The lowest BCUT2D eigenvalue weighted by molar-refractivity contribution is 0.242. The molecule has 1 atom stereocenters. The molecule has 1 saturated heterocycles. The maximum absolute atomic E-state index is 12.6. The molecule has 2 rings (SSSR count). The molecule has 21 heavy (non-hydrogen) atoms. The molecule has 1 heterocycles. The number of benzene rings is 1. The van der Waals surface area contributed by atoms with Gasteiger partial charge in [-0.1, -0.05) is 6.07 Å². The SMILES string of the molecule is Cc1cc(C)c(S(=O)(=O)NC2CCCN(C)C2)cc1CO. The Bertz CT molecular complexity index is 614. The molecular weight excluding hydrogens is 288 g/mol. The normalized spacial score (nSPS) is 20.7. The lowest BCUT2D eigenvalue weighted by Gasteiger charge is -2.30. The Morgan fingerprint density at radius 3 is 2.67 bits per heavy atom. The molecule has 1 aliphatic rings. The van der Waals surface area contributed by atoms with Crippen LogP contribution in [0.5, 0.6) is 0 Å². The number of likely N-dealkylation sites (N-methyl/N-ethyl adjacent to an activating group) is 1. The summed E-state index contributed by atoms with van der Waals surface area (Å²) < 4.78 is 28.0. The van der Waals surface area contributed by atoms with Gasteiger partial charge in [0.1, 0.15) is 0 Å². The number of sulfonamides is 1. The van der Waals surface area contributed by atoms with Crippen molar-refractivity contribution in [3.05, 3.63) is 28.8 Å². The van der Waals surface area contributed by atoms with Gasteiger partial charge in [-0.05, 0) is 63.0 Å². The Balaban J connectivity index is 2.27. The number of piperidine rings is 1. The standard InChI is InChI=1S/C15H24N2O3S/c1-11-7-12(2)15(8-13(11)10-18)21(19,20)16-14-5-4-6-17(3)9-14/h7-8,14,16,18H,4-6,9-10H2,1-3H3. The van der Waals surface area contributed by atoms with E-state index in [2.05, 4.69) is 9.62 Å². The first-order chi connectivity index (χ1) is 9.83. The Morgan fingerprint density at radius 2 is 2.05 bits per heavy atom. The van der Waals surface area contributed by atoms with Crippen LogP contribution in [0.15, 0.2) is 17.0 Å². The van der Waals surface area contributed by atoms with Gasteiger partial charge < -0.3 is 10.0 Å². The quantitative estimate of drug-likeness (QED) is 0.875. The van der Waals surface area contributed by atoms with Crippen molar-refractivity contribution in [3.8, 4) is 0 Å². The minimum Gasteiger partial charge on any atom is -0.392 e. The van der Waals surface area contributed by atoms with Gasteiger partial charge in [0.05, 0.1) is 11.5 Å². The van der Waals surface area contributed by atoms with E-state index in [0.29, 0.717) is 11.1 Å². The molecule has 0 aromatic heterocycles. The summed E-state index contributed by atoms with van der Waals surface area (Å²) in [6.45, 7) is 5.25. The maximum atomic E-state index is 12.6. The van der Waals surface area contributed by atoms with Crippen molar-refractivity contribution in [3.63, 3.8) is 0 Å². The molecule has 118 valence electrons. The third-order valence-electron chi connectivity index (χ3n) is 4.04. The van der Waals surface area contributed by atoms with E-state index in [1.54, 1.807) is 13.0 Å². The molecule has 1 aliphatic heterocycles. The van der Waals surface area contributed by atoms with Crippen molar-refractivity contribution in [2.45, 2.75) is 44.2 Å². The Morgan fingerprint density at radius 1 is 1.33 bits per heavy atom. The van der Waals surface area contributed by atoms with Gasteiger partial charge in [0, 0.05) is 12.6 Å². The molecule has 0 bridgehead atoms. The van der Waals surface area contributed by atoms with Gasteiger partial charge in [0.25, 0.3) is 0 Å². The van der Waals surface area contributed by atoms with E-state index in [1.165, 1.54) is 0 Å². The third-order valence-corrected chi connectivity index (χ3v) is 5.70. The molecule has 1 aromatic rings. The fourth-order valence-corrected chi connectivity index (χ4v) is 4.42. The molecular formula is C15H24N2O3S. The highest BCUT2D eigenvalue weighted by molar-refractivity contribution is 7.89. The highest BCUT2D eigenvalue weighted by atomic mass is 32.2. The van der Waals surface area contributed by atoms with Crippen molar-refractivity contribution in [1.29, 1.82) is 0 Å². The minimum absolute atomic E-state index is 0.0490. The number of nitrogens with one attached hydrogen (secondary N) is 1. The zero-order valence-electron chi connectivity index (χ0n) is 12.9. The second-order valence-corrected chi connectivity index (χ2v) is 7.61. The number of rotatable bonds is 4. The first-order valence-electron chi connectivity index (χ1n) is 7.25. The Kier molecular flexibility index (Phi) is 5.03. The van der Waals surface area contributed by atoms with Gasteiger partial charge in [0.15, 0.2) is 0 Å². The predicted octanol–water partition coefficient (Wildman–Crippen LogP) is 1.17. The Hall–Kier alpha value is -0.950. The maximum Gasteiger partial charge on any atom is 0.241 e. The second-order valence-electron chi connectivity index (χ2n) is 5.92. The van der Waals surface area contributed by atoms with E-state index >= 15 is 0 Å². The molecule has 0 amide bonds. The van der Waals surface area contributed by atoms with Gasteiger partial charge in [-0.3, -0.25) is 0 Å². The van der Waals surface area contributed by atoms with Crippen LogP contribution in [-0.2, 0) is 16.6 Å². The molecule has 0 spiro atoms. The van der Waals surface area contributed by atoms with Crippen LogP contribution in [0.3, 0.4) is 0 Å². The summed E-state index contributed by atoms with van der Waals surface area (Å²) in [6.07, 6.45) is 1.86. The smallest absolute Gasteiger partial charge is 0.241 e. The number of hydrogen-bond acceptors (Lipinski definition) is 4. The van der Waals surface area contributed by atoms with Gasteiger partial charge in [0.2, 0.25) is 10.0 Å². The number of hydrogen-bond donors (Lipinski definition) is 2. The fourth-order valence-electron chi connectivity index (χ4n) is 2.88. The number of aliphatic hydroxyl groups excluding tert-OH is 1. The van der Waals surface area contributed by atoms with E-state index in [0.717, 1.165) is 31.5 Å². The molecule has 0 saturated carbocycles. The number of nitrogens with zero attached hydrogens (tertiary/aromatic N) is 1. The highest BCUT2D eigenvalue weighted by Crippen LogP contribution is 2.22. The summed E-state index contributed by atoms with van der Waals surface area (Å²) in [5, 5.41) is 9.33. The zero-order valence-corrected chi connectivity index (χ0v) is 13.7. The summed E-state index contributed by atoms with van der Waals surface area (Å²) in [6, 6.07) is 3.35. The third kappa shape index (κ3) is 3.83. The van der Waals surface area contributed by atoms with Crippen LogP contribution in [0, 0.1) is 13.8 Å². The van der Waals surface area contributed by atoms with Crippen LogP contribution in [0.25, 0.3) is 0 Å². The fraction of sp³-hybridized carbons (Fsp3) is 0.600. The van der Waals surface area contributed by atoms with E-state index in [-0.39, 0.29) is 17.5 Å². The number of likely N-dealkylation sites (tertiary alicyclic amines) is 1. The minimum atomic E-state index is -3.55. The molecule has 0 aliphatic carbocycles. The van der Waals surface area contributed by atoms with E-state index < -0.39 is 10.0 Å². The number of aryl methyl sites for hydroxylation is 2.